The van der Waals surface area contributed by atoms with Crippen molar-refractivity contribution in [2.24, 2.45) is 0 Å². The number of fused-ring (bicyclic) bond motifs is 1. The molecule has 0 atom stereocenters. The lowest BCUT2D eigenvalue weighted by molar-refractivity contribution is 0.399. The fourth-order valence-electron chi connectivity index (χ4n) is 1.91. The first-order chi connectivity index (χ1) is 9.17. The predicted molar refractivity (Wildman–Crippen MR) is 75.0 cm³/mol. The lowest BCUT2D eigenvalue weighted by Gasteiger charge is -2.01. The van der Waals surface area contributed by atoms with E-state index in [4.69, 9.17) is 10.5 Å². The van der Waals surface area contributed by atoms with Gasteiger partial charge in [-0.25, -0.2) is 4.98 Å². The van der Waals surface area contributed by atoms with Crippen LogP contribution in [-0.4, -0.2) is 22.1 Å². The summed E-state index contributed by atoms with van der Waals surface area (Å²) in [4.78, 5) is 12.0. The predicted octanol–water partition coefficient (Wildman–Crippen LogP) is 2.52. The molecule has 1 aromatic carbocycles. The molecule has 0 aliphatic rings. The SMILES string of the molecule is COc1ccc2[nH]c(-c3ccc(C)c(N)c3)nc2n1. The number of aromatic nitrogens is 3. The van der Waals surface area contributed by atoms with Gasteiger partial charge in [-0.2, -0.15) is 4.98 Å². The molecule has 3 N–H and O–H groups in total. The van der Waals surface area contributed by atoms with Gasteiger partial charge in [0.2, 0.25) is 5.88 Å². The molecule has 0 unspecified atom stereocenters. The second-order valence-electron chi connectivity index (χ2n) is 4.38. The van der Waals surface area contributed by atoms with Crippen LogP contribution in [0.3, 0.4) is 0 Å². The Kier molecular flexibility index (Phi) is 2.59. The van der Waals surface area contributed by atoms with Crippen LogP contribution in [0.1, 0.15) is 5.56 Å². The maximum atomic E-state index is 5.92. The molecule has 3 aromatic rings. The van der Waals surface area contributed by atoms with E-state index in [-0.39, 0.29) is 0 Å². The lowest BCUT2D eigenvalue weighted by Crippen LogP contribution is -1.90. The first-order valence-electron chi connectivity index (χ1n) is 5.94. The minimum absolute atomic E-state index is 0.550. The maximum absolute atomic E-state index is 5.92. The number of hydrogen-bond acceptors (Lipinski definition) is 4. The van der Waals surface area contributed by atoms with Crippen LogP contribution in [0.5, 0.6) is 5.88 Å². The number of nitrogens with two attached hydrogens (primary N) is 1. The van der Waals surface area contributed by atoms with Crippen LogP contribution < -0.4 is 10.5 Å². The van der Waals surface area contributed by atoms with Crippen LogP contribution in [0.4, 0.5) is 5.69 Å². The van der Waals surface area contributed by atoms with Gasteiger partial charge in [-0.05, 0) is 24.6 Å². The zero-order valence-electron chi connectivity index (χ0n) is 10.8. The number of anilines is 1. The number of aromatic amines is 1. The monoisotopic (exact) mass is 254 g/mol. The van der Waals surface area contributed by atoms with Crippen LogP contribution in [0, 0.1) is 6.92 Å². The summed E-state index contributed by atoms with van der Waals surface area (Å²) in [6.45, 7) is 1.98. The number of nitrogens with one attached hydrogen (secondary N) is 1. The zero-order valence-corrected chi connectivity index (χ0v) is 10.8. The summed E-state index contributed by atoms with van der Waals surface area (Å²) in [5, 5.41) is 0. The second kappa shape index (κ2) is 4.28. The Morgan fingerprint density at radius 2 is 2.00 bits per heavy atom. The van der Waals surface area contributed by atoms with Gasteiger partial charge in [0.15, 0.2) is 5.65 Å². The molecule has 0 saturated heterocycles. The van der Waals surface area contributed by atoms with E-state index in [2.05, 4.69) is 15.0 Å². The van der Waals surface area contributed by atoms with Crippen molar-refractivity contribution in [3.63, 3.8) is 0 Å². The van der Waals surface area contributed by atoms with Gasteiger partial charge in [0, 0.05) is 17.3 Å². The molecule has 0 amide bonds. The third-order valence-electron chi connectivity index (χ3n) is 3.08. The molecule has 2 aromatic heterocycles. The Morgan fingerprint density at radius 3 is 2.74 bits per heavy atom. The number of aryl methyl sites for hydroxylation is 1. The van der Waals surface area contributed by atoms with E-state index in [1.165, 1.54) is 0 Å². The van der Waals surface area contributed by atoms with Gasteiger partial charge in [0.05, 0.1) is 12.6 Å². The van der Waals surface area contributed by atoms with Gasteiger partial charge in [-0.1, -0.05) is 12.1 Å². The highest BCUT2D eigenvalue weighted by molar-refractivity contribution is 5.77. The van der Waals surface area contributed by atoms with Crippen molar-refractivity contribution in [2.75, 3.05) is 12.8 Å². The van der Waals surface area contributed by atoms with E-state index in [0.29, 0.717) is 11.5 Å². The smallest absolute Gasteiger partial charge is 0.215 e. The molecule has 5 heteroatoms. The van der Waals surface area contributed by atoms with Crippen LogP contribution >= 0.6 is 0 Å². The second-order valence-corrected chi connectivity index (χ2v) is 4.38. The number of hydrogen-bond donors (Lipinski definition) is 2. The van der Waals surface area contributed by atoms with Crippen molar-refractivity contribution in [1.29, 1.82) is 0 Å². The number of methoxy groups -OCH3 is 1. The number of benzene rings is 1. The Morgan fingerprint density at radius 1 is 1.16 bits per heavy atom. The molecule has 0 spiro atoms. The van der Waals surface area contributed by atoms with Crippen LogP contribution in [0.25, 0.3) is 22.6 Å². The van der Waals surface area contributed by atoms with Crippen molar-refractivity contribution >= 4 is 16.9 Å². The van der Waals surface area contributed by atoms with E-state index in [0.717, 1.165) is 28.2 Å². The number of H-pyrrole nitrogens is 1. The van der Waals surface area contributed by atoms with Crippen molar-refractivity contribution < 1.29 is 4.74 Å². The van der Waals surface area contributed by atoms with Gasteiger partial charge >= 0.3 is 0 Å². The first kappa shape index (κ1) is 11.5. The minimum Gasteiger partial charge on any atom is -0.481 e. The first-order valence-corrected chi connectivity index (χ1v) is 5.94. The normalized spacial score (nSPS) is 10.8. The Hall–Kier alpha value is -2.56. The minimum atomic E-state index is 0.550. The van der Waals surface area contributed by atoms with Crippen LogP contribution in [0.2, 0.25) is 0 Å². The number of nitrogen functional groups attached to an aromatic ring is 1. The molecule has 2 heterocycles. The van der Waals surface area contributed by atoms with Gasteiger partial charge in [0.25, 0.3) is 0 Å². The van der Waals surface area contributed by atoms with Crippen molar-refractivity contribution in [2.45, 2.75) is 6.92 Å². The summed E-state index contributed by atoms with van der Waals surface area (Å²) in [5.41, 5.74) is 10.2. The van der Waals surface area contributed by atoms with E-state index in [9.17, 15) is 0 Å². The van der Waals surface area contributed by atoms with Crippen molar-refractivity contribution in [3.05, 3.63) is 35.9 Å². The maximum Gasteiger partial charge on any atom is 0.215 e. The molecule has 0 saturated carbocycles. The number of nitrogens with zero attached hydrogens (tertiary/aromatic N) is 2. The molecule has 3 rings (SSSR count). The average molecular weight is 254 g/mol. The number of rotatable bonds is 2. The molecular formula is C14H14N4O. The van der Waals surface area contributed by atoms with Crippen molar-refractivity contribution in [3.8, 4) is 17.3 Å². The Balaban J connectivity index is 2.11. The highest BCUT2D eigenvalue weighted by Crippen LogP contribution is 2.24. The quantitative estimate of drug-likeness (QED) is 0.689. The summed E-state index contributed by atoms with van der Waals surface area (Å²) in [5.74, 6) is 1.30. The van der Waals surface area contributed by atoms with E-state index in [1.54, 1.807) is 13.2 Å². The Labute approximate surface area is 110 Å². The molecule has 19 heavy (non-hydrogen) atoms. The number of imidazole rings is 1. The molecule has 0 bridgehead atoms. The molecule has 96 valence electrons. The summed E-state index contributed by atoms with van der Waals surface area (Å²) in [6, 6.07) is 9.57. The topological polar surface area (TPSA) is 76.8 Å². The summed E-state index contributed by atoms with van der Waals surface area (Å²) in [7, 11) is 1.59. The third-order valence-corrected chi connectivity index (χ3v) is 3.08. The van der Waals surface area contributed by atoms with Gasteiger partial charge in [0.1, 0.15) is 5.82 Å². The molecule has 0 radical (unpaired) electrons. The van der Waals surface area contributed by atoms with Crippen molar-refractivity contribution in [1.82, 2.24) is 15.0 Å². The number of ether oxygens (including phenoxy) is 1. The fraction of sp³-hybridized carbons (Fsp3) is 0.143. The fourth-order valence-corrected chi connectivity index (χ4v) is 1.91. The molecule has 5 nitrogen and oxygen atoms in total. The molecule has 0 aliphatic carbocycles. The van der Waals surface area contributed by atoms with Crippen LogP contribution in [-0.2, 0) is 0 Å². The lowest BCUT2D eigenvalue weighted by atomic mass is 10.1. The van der Waals surface area contributed by atoms with E-state index >= 15 is 0 Å². The average Bonchev–Trinajstić information content (AvgIpc) is 2.84. The van der Waals surface area contributed by atoms with Gasteiger partial charge in [-0.15, -0.1) is 0 Å². The largest absolute Gasteiger partial charge is 0.481 e. The Bertz CT molecular complexity index is 748. The van der Waals surface area contributed by atoms with E-state index < -0.39 is 0 Å². The molecular weight excluding hydrogens is 240 g/mol. The molecule has 0 fully saturated rings. The third kappa shape index (κ3) is 1.99. The highest BCUT2D eigenvalue weighted by Gasteiger charge is 2.08. The molecule has 0 aliphatic heterocycles. The van der Waals surface area contributed by atoms with Gasteiger partial charge < -0.3 is 15.5 Å². The zero-order chi connectivity index (χ0) is 13.4. The summed E-state index contributed by atoms with van der Waals surface area (Å²) >= 11 is 0. The van der Waals surface area contributed by atoms with Crippen LogP contribution in [0.15, 0.2) is 30.3 Å². The summed E-state index contributed by atoms with van der Waals surface area (Å²) < 4.78 is 5.09. The number of pyridine rings is 1. The highest BCUT2D eigenvalue weighted by atomic mass is 16.5. The van der Waals surface area contributed by atoms with Gasteiger partial charge in [-0.3, -0.25) is 0 Å². The van der Waals surface area contributed by atoms with E-state index in [1.807, 2.05) is 31.2 Å². The standard InChI is InChI=1S/C14H14N4O/c1-8-3-4-9(7-10(8)15)13-16-11-5-6-12(19-2)17-14(11)18-13/h3-7H,15H2,1-2H3,(H,16,17,18). The summed E-state index contributed by atoms with van der Waals surface area (Å²) in [6.07, 6.45) is 0.